The quantitative estimate of drug-likeness (QED) is 0.536. The van der Waals surface area contributed by atoms with E-state index < -0.39 is 23.5 Å². The second-order valence-electron chi connectivity index (χ2n) is 6.52. The highest BCUT2D eigenvalue weighted by Crippen LogP contribution is 2.35. The van der Waals surface area contributed by atoms with E-state index >= 15 is 0 Å². The molecule has 1 aliphatic heterocycles. The van der Waals surface area contributed by atoms with Gasteiger partial charge in [-0.05, 0) is 62.3 Å². The van der Waals surface area contributed by atoms with Crippen LogP contribution in [0.5, 0.6) is 5.75 Å². The summed E-state index contributed by atoms with van der Waals surface area (Å²) in [7, 11) is 0. The van der Waals surface area contributed by atoms with Crippen molar-refractivity contribution in [1.29, 1.82) is 0 Å². The zero-order valence-electron chi connectivity index (χ0n) is 15.9. The highest BCUT2D eigenvalue weighted by Gasteiger charge is 2.42. The van der Waals surface area contributed by atoms with Crippen LogP contribution in [-0.4, -0.2) is 29.1 Å². The fourth-order valence-electron chi connectivity index (χ4n) is 2.73. The lowest BCUT2D eigenvalue weighted by molar-refractivity contribution is -0.153. The molecule has 1 amide bonds. The van der Waals surface area contributed by atoms with E-state index in [1.807, 2.05) is 0 Å². The molecule has 4 rings (SSSR count). The minimum atomic E-state index is -4.87. The Morgan fingerprint density at radius 1 is 1.03 bits per heavy atom. The smallest absolute Gasteiger partial charge is 0.452 e. The molecule has 2 aromatic carbocycles. The Balaban J connectivity index is 0.000000448. The number of carbonyl (C=O) groups excluding carboxylic acids is 1. The van der Waals surface area contributed by atoms with Crippen molar-refractivity contribution in [3.63, 3.8) is 0 Å². The highest BCUT2D eigenvalue weighted by molar-refractivity contribution is 6.04. The summed E-state index contributed by atoms with van der Waals surface area (Å²) in [5.74, 6) is -2.88. The lowest BCUT2D eigenvalue weighted by Crippen LogP contribution is -2.18. The van der Waals surface area contributed by atoms with Gasteiger partial charge in [0.15, 0.2) is 5.69 Å². The summed E-state index contributed by atoms with van der Waals surface area (Å²) in [6.45, 7) is 2.50. The molecule has 1 aromatic heterocycles. The lowest BCUT2D eigenvalue weighted by atomic mass is 10.2. The fourth-order valence-corrected chi connectivity index (χ4v) is 2.73. The molecule has 1 saturated heterocycles. The highest BCUT2D eigenvalue weighted by atomic mass is 19.4. The largest absolute Gasteiger partial charge is 0.508 e. The number of phenols is 1. The number of alkyl halides is 3. The third-order valence-corrected chi connectivity index (χ3v) is 4.20. The number of carbonyl (C=O) groups is 1. The Bertz CT molecular complexity index is 959. The van der Waals surface area contributed by atoms with Crippen LogP contribution in [0, 0.1) is 0 Å². The first kappa shape index (κ1) is 21.4. The number of halogens is 3. The molecule has 3 N–H and O–H groups in total. The first-order valence-corrected chi connectivity index (χ1v) is 9.29. The van der Waals surface area contributed by atoms with Crippen molar-refractivity contribution in [1.82, 2.24) is 10.3 Å². The van der Waals surface area contributed by atoms with Gasteiger partial charge in [0.25, 0.3) is 5.91 Å². The molecule has 0 spiro atoms. The van der Waals surface area contributed by atoms with Crippen LogP contribution in [0.25, 0.3) is 11.5 Å². The van der Waals surface area contributed by atoms with Crippen molar-refractivity contribution in [3.05, 3.63) is 66.1 Å². The average molecular weight is 419 g/mol. The van der Waals surface area contributed by atoms with Crippen LogP contribution in [0.4, 0.5) is 18.9 Å². The monoisotopic (exact) mass is 419 g/mol. The van der Waals surface area contributed by atoms with E-state index in [4.69, 9.17) is 4.42 Å². The molecule has 158 valence electrons. The summed E-state index contributed by atoms with van der Waals surface area (Å²) < 4.78 is 44.4. The van der Waals surface area contributed by atoms with E-state index in [0.717, 1.165) is 0 Å². The predicted octanol–water partition coefficient (Wildman–Crippen LogP) is 4.69. The van der Waals surface area contributed by atoms with Crippen LogP contribution < -0.4 is 10.6 Å². The molecule has 1 aliphatic rings. The van der Waals surface area contributed by atoms with Gasteiger partial charge in [-0.2, -0.15) is 13.2 Å². The number of nitrogens with one attached hydrogen (secondary N) is 2. The second-order valence-corrected chi connectivity index (χ2v) is 6.52. The average Bonchev–Trinajstić information content (AvgIpc) is 3.43. The minimum absolute atomic E-state index is 0.0400. The van der Waals surface area contributed by atoms with E-state index in [1.165, 1.54) is 62.3 Å². The van der Waals surface area contributed by atoms with Gasteiger partial charge in [0.2, 0.25) is 11.7 Å². The Morgan fingerprint density at radius 3 is 2.20 bits per heavy atom. The predicted molar refractivity (Wildman–Crippen MR) is 105 cm³/mol. The molecule has 6 nitrogen and oxygen atoms in total. The molecule has 0 aliphatic carbocycles. The van der Waals surface area contributed by atoms with Gasteiger partial charge >= 0.3 is 6.18 Å². The van der Waals surface area contributed by atoms with Gasteiger partial charge in [-0.25, -0.2) is 4.98 Å². The number of oxazole rings is 1. The maximum absolute atomic E-state index is 13.2. The summed E-state index contributed by atoms with van der Waals surface area (Å²) in [4.78, 5) is 15.9. The molecule has 0 unspecified atom stereocenters. The van der Waals surface area contributed by atoms with Crippen LogP contribution in [0.15, 0.2) is 59.0 Å². The topological polar surface area (TPSA) is 87.4 Å². The molecule has 0 radical (unpaired) electrons. The molecular weight excluding hydrogens is 399 g/mol. The van der Waals surface area contributed by atoms with E-state index in [2.05, 4.69) is 15.6 Å². The zero-order valence-corrected chi connectivity index (χ0v) is 15.9. The lowest BCUT2D eigenvalue weighted by Gasteiger charge is -2.06. The molecule has 9 heteroatoms. The SMILES string of the molecule is C1CCNC1.O=C(Nc1ccc(O)cc1)c1nc(-c2ccccc2)oc1C(F)(F)F. The maximum atomic E-state index is 13.2. The summed E-state index contributed by atoms with van der Waals surface area (Å²) in [6, 6.07) is 13.2. The van der Waals surface area contributed by atoms with Gasteiger partial charge in [0.1, 0.15) is 5.75 Å². The van der Waals surface area contributed by atoms with Crippen molar-refractivity contribution in [2.75, 3.05) is 18.4 Å². The number of phenolic OH excluding ortho intramolecular Hbond substituents is 1. The number of aromatic nitrogens is 1. The summed E-state index contributed by atoms with van der Waals surface area (Å²) in [6.07, 6.45) is -2.10. The number of hydrogen-bond acceptors (Lipinski definition) is 5. The molecule has 1 fully saturated rings. The van der Waals surface area contributed by atoms with Gasteiger partial charge in [-0.1, -0.05) is 18.2 Å². The van der Waals surface area contributed by atoms with Gasteiger partial charge in [-0.15, -0.1) is 0 Å². The Morgan fingerprint density at radius 2 is 1.67 bits per heavy atom. The molecule has 0 saturated carbocycles. The summed E-state index contributed by atoms with van der Waals surface area (Å²) in [5, 5.41) is 14.7. The first-order valence-electron chi connectivity index (χ1n) is 9.29. The maximum Gasteiger partial charge on any atom is 0.452 e. The number of benzene rings is 2. The number of nitrogens with zero attached hydrogens (tertiary/aromatic N) is 1. The molecule has 0 atom stereocenters. The third kappa shape index (κ3) is 5.60. The normalized spacial score (nSPS) is 13.4. The second kappa shape index (κ2) is 9.45. The number of amides is 1. The van der Waals surface area contributed by atoms with Crippen molar-refractivity contribution in [2.45, 2.75) is 19.0 Å². The molecule has 0 bridgehead atoms. The van der Waals surface area contributed by atoms with Gasteiger partial charge in [0, 0.05) is 11.3 Å². The fraction of sp³-hybridized carbons (Fsp3) is 0.238. The number of aromatic hydroxyl groups is 1. The van der Waals surface area contributed by atoms with Crippen LogP contribution in [-0.2, 0) is 6.18 Å². The van der Waals surface area contributed by atoms with E-state index in [1.54, 1.807) is 18.2 Å². The first-order chi connectivity index (χ1) is 14.3. The standard InChI is InChI=1S/C17H11F3N2O3.C4H9N/c18-17(19,20)14-13(15(24)21-11-6-8-12(23)9-7-11)22-16(25-14)10-4-2-1-3-5-10;1-2-4-5-3-1/h1-9,23H,(H,21,24);5H,1-4H2. The van der Waals surface area contributed by atoms with E-state index in [-0.39, 0.29) is 17.3 Å². The molecule has 30 heavy (non-hydrogen) atoms. The summed E-state index contributed by atoms with van der Waals surface area (Å²) in [5.41, 5.74) is -0.337. The number of hydrogen-bond donors (Lipinski definition) is 3. The van der Waals surface area contributed by atoms with Gasteiger partial charge in [0.05, 0.1) is 0 Å². The van der Waals surface area contributed by atoms with Crippen LogP contribution in [0.2, 0.25) is 0 Å². The molecule has 2 heterocycles. The van der Waals surface area contributed by atoms with Crippen molar-refractivity contribution in [3.8, 4) is 17.2 Å². The summed E-state index contributed by atoms with van der Waals surface area (Å²) >= 11 is 0. The zero-order chi connectivity index (χ0) is 21.6. The number of rotatable bonds is 3. The minimum Gasteiger partial charge on any atom is -0.508 e. The Hall–Kier alpha value is -3.33. The van der Waals surface area contributed by atoms with E-state index in [0.29, 0.717) is 5.56 Å². The van der Waals surface area contributed by atoms with Crippen LogP contribution >= 0.6 is 0 Å². The van der Waals surface area contributed by atoms with Gasteiger partial charge in [-0.3, -0.25) is 4.79 Å². The Kier molecular flexibility index (Phi) is 6.73. The van der Waals surface area contributed by atoms with Crippen LogP contribution in [0.1, 0.15) is 29.1 Å². The van der Waals surface area contributed by atoms with Crippen LogP contribution in [0.3, 0.4) is 0 Å². The third-order valence-electron chi connectivity index (χ3n) is 4.20. The molecule has 3 aromatic rings. The van der Waals surface area contributed by atoms with Crippen molar-refractivity contribution < 1.29 is 27.5 Å². The van der Waals surface area contributed by atoms with Crippen molar-refractivity contribution >= 4 is 11.6 Å². The van der Waals surface area contributed by atoms with Gasteiger partial charge < -0.3 is 20.2 Å². The molecular formula is C21H20F3N3O3. The number of anilines is 1. The van der Waals surface area contributed by atoms with Crippen molar-refractivity contribution in [2.24, 2.45) is 0 Å². The Labute approximate surface area is 170 Å². The van der Waals surface area contributed by atoms with E-state index in [9.17, 15) is 23.1 Å².